The topological polar surface area (TPSA) is 32.3 Å². The fraction of sp³-hybridized carbons (Fsp3) is 0.526. The molecule has 1 atom stereocenters. The van der Waals surface area contributed by atoms with Gasteiger partial charge in [-0.2, -0.15) is 0 Å². The average molecular weight is 330 g/mol. The molecule has 124 valence electrons. The molecule has 1 amide bonds. The van der Waals surface area contributed by atoms with Gasteiger partial charge in [0.15, 0.2) is 0 Å². The van der Waals surface area contributed by atoms with E-state index in [0.29, 0.717) is 24.8 Å². The molecule has 0 saturated carbocycles. The molecule has 1 fully saturated rings. The van der Waals surface area contributed by atoms with E-state index in [1.165, 1.54) is 28.5 Å². The molecule has 1 aliphatic rings. The van der Waals surface area contributed by atoms with Gasteiger partial charge in [0.05, 0.1) is 0 Å². The lowest BCUT2D eigenvalue weighted by Gasteiger charge is -2.29. The number of fused-ring (bicyclic) bond motifs is 1. The first kappa shape index (κ1) is 16.5. The lowest BCUT2D eigenvalue weighted by Crippen LogP contribution is -2.34. The van der Waals surface area contributed by atoms with Crippen LogP contribution in [0.25, 0.3) is 10.1 Å². The van der Waals surface area contributed by atoms with Crippen LogP contribution in [0, 0.1) is 11.8 Å². The third-order valence-electron chi connectivity index (χ3n) is 5.08. The number of thiophene rings is 1. The van der Waals surface area contributed by atoms with Gasteiger partial charge in [0.2, 0.25) is 5.91 Å². The summed E-state index contributed by atoms with van der Waals surface area (Å²) in [6, 6.07) is 8.43. The second kappa shape index (κ2) is 7.45. The number of piperidine rings is 1. The molecule has 0 bridgehead atoms. The molecular formula is C19H26N2OS. The Morgan fingerprint density at radius 3 is 2.87 bits per heavy atom. The summed E-state index contributed by atoms with van der Waals surface area (Å²) in [6.07, 6.45) is 3.07. The second-order valence-electron chi connectivity index (χ2n) is 6.78. The molecule has 1 saturated heterocycles. The van der Waals surface area contributed by atoms with Crippen molar-refractivity contribution in [2.24, 2.45) is 11.8 Å². The van der Waals surface area contributed by atoms with Crippen molar-refractivity contribution < 1.29 is 4.79 Å². The van der Waals surface area contributed by atoms with Crippen LogP contribution in [-0.4, -0.2) is 30.9 Å². The number of hydrogen-bond donors (Lipinski definition) is 1. The molecule has 0 radical (unpaired) electrons. The van der Waals surface area contributed by atoms with E-state index in [0.717, 1.165) is 13.1 Å². The summed E-state index contributed by atoms with van der Waals surface area (Å²) < 4.78 is 1.30. The summed E-state index contributed by atoms with van der Waals surface area (Å²) >= 11 is 1.76. The van der Waals surface area contributed by atoms with Gasteiger partial charge in [-0.05, 0) is 60.2 Å². The normalized spacial score (nSPS) is 17.3. The van der Waals surface area contributed by atoms with Crippen LogP contribution in [0.15, 0.2) is 29.6 Å². The number of hydrogen-bond acceptors (Lipinski definition) is 3. The lowest BCUT2D eigenvalue weighted by molar-refractivity contribution is -0.131. The van der Waals surface area contributed by atoms with E-state index in [9.17, 15) is 4.79 Å². The first-order valence-corrected chi connectivity index (χ1v) is 9.43. The summed E-state index contributed by atoms with van der Waals surface area (Å²) in [5, 5.41) is 6.86. The molecule has 1 N–H and O–H groups in total. The van der Waals surface area contributed by atoms with Gasteiger partial charge in [-0.1, -0.05) is 25.1 Å². The molecule has 1 aliphatic heterocycles. The number of carbonyl (C=O) groups excluding carboxylic acids is 1. The van der Waals surface area contributed by atoms with Gasteiger partial charge in [-0.25, -0.2) is 0 Å². The van der Waals surface area contributed by atoms with Gasteiger partial charge in [-0.3, -0.25) is 4.79 Å². The Balaban J connectivity index is 1.59. The Morgan fingerprint density at radius 1 is 1.35 bits per heavy atom. The predicted octanol–water partition coefficient (Wildman–Crippen LogP) is 3.89. The average Bonchev–Trinajstić information content (AvgIpc) is 2.98. The Labute approximate surface area is 142 Å². The summed E-state index contributed by atoms with van der Waals surface area (Å²) in [5.74, 6) is 1.44. The minimum Gasteiger partial charge on any atom is -0.341 e. The number of amides is 1. The van der Waals surface area contributed by atoms with Gasteiger partial charge in [0, 0.05) is 24.7 Å². The van der Waals surface area contributed by atoms with Crippen LogP contribution in [0.3, 0.4) is 0 Å². The quantitative estimate of drug-likeness (QED) is 0.902. The summed E-state index contributed by atoms with van der Waals surface area (Å²) in [6.45, 7) is 5.14. The Morgan fingerprint density at radius 2 is 2.09 bits per heavy atom. The molecule has 3 rings (SSSR count). The van der Waals surface area contributed by atoms with Crippen LogP contribution in [0.1, 0.15) is 31.7 Å². The monoisotopic (exact) mass is 330 g/mol. The standard InChI is InChI=1S/C19H26N2OS/c1-14(15-7-9-20-10-8-15)11-19(22)21(2)12-16-13-23-18-6-4-3-5-17(16)18/h3-6,13-15,20H,7-12H2,1-2H3. The minimum absolute atomic E-state index is 0.270. The molecule has 4 heteroatoms. The Hall–Kier alpha value is -1.39. The maximum absolute atomic E-state index is 12.6. The molecule has 2 aromatic rings. The number of carbonyl (C=O) groups is 1. The van der Waals surface area contributed by atoms with E-state index in [4.69, 9.17) is 0 Å². The van der Waals surface area contributed by atoms with Gasteiger partial charge in [0.1, 0.15) is 0 Å². The van der Waals surface area contributed by atoms with Crippen molar-refractivity contribution in [2.75, 3.05) is 20.1 Å². The zero-order valence-electron chi connectivity index (χ0n) is 14.0. The van der Waals surface area contributed by atoms with E-state index in [1.807, 2.05) is 11.9 Å². The van der Waals surface area contributed by atoms with E-state index in [2.05, 4.69) is 41.9 Å². The SMILES string of the molecule is CC(CC(=O)N(C)Cc1csc2ccccc12)C1CCNCC1. The van der Waals surface area contributed by atoms with Gasteiger partial charge in [-0.15, -0.1) is 11.3 Å². The molecule has 1 unspecified atom stereocenters. The van der Waals surface area contributed by atoms with Crippen LogP contribution in [0.5, 0.6) is 0 Å². The number of nitrogens with one attached hydrogen (secondary N) is 1. The molecule has 0 aliphatic carbocycles. The van der Waals surface area contributed by atoms with Gasteiger partial charge in [0.25, 0.3) is 0 Å². The fourth-order valence-corrected chi connectivity index (χ4v) is 4.46. The van der Waals surface area contributed by atoms with Crippen molar-refractivity contribution in [2.45, 2.75) is 32.7 Å². The van der Waals surface area contributed by atoms with Crippen molar-refractivity contribution in [3.8, 4) is 0 Å². The highest BCUT2D eigenvalue weighted by Crippen LogP contribution is 2.28. The van der Waals surface area contributed by atoms with Crippen molar-refractivity contribution in [1.29, 1.82) is 0 Å². The second-order valence-corrected chi connectivity index (χ2v) is 7.69. The van der Waals surface area contributed by atoms with Crippen LogP contribution in [-0.2, 0) is 11.3 Å². The summed E-state index contributed by atoms with van der Waals surface area (Å²) in [4.78, 5) is 14.5. The maximum Gasteiger partial charge on any atom is 0.222 e. The summed E-state index contributed by atoms with van der Waals surface area (Å²) in [5.41, 5.74) is 1.26. The molecule has 3 nitrogen and oxygen atoms in total. The Bertz CT molecular complexity index is 660. The number of nitrogens with zero attached hydrogens (tertiary/aromatic N) is 1. The highest BCUT2D eigenvalue weighted by Gasteiger charge is 2.23. The highest BCUT2D eigenvalue weighted by atomic mass is 32.1. The lowest BCUT2D eigenvalue weighted by atomic mass is 9.84. The highest BCUT2D eigenvalue weighted by molar-refractivity contribution is 7.17. The number of rotatable bonds is 5. The summed E-state index contributed by atoms with van der Waals surface area (Å²) in [7, 11) is 1.93. The Kier molecular flexibility index (Phi) is 5.34. The first-order chi connectivity index (χ1) is 11.1. The van der Waals surface area contributed by atoms with E-state index >= 15 is 0 Å². The van der Waals surface area contributed by atoms with Gasteiger partial charge >= 0.3 is 0 Å². The molecule has 1 aromatic carbocycles. The zero-order chi connectivity index (χ0) is 16.2. The van der Waals surface area contributed by atoms with Gasteiger partial charge < -0.3 is 10.2 Å². The number of benzene rings is 1. The van der Waals surface area contributed by atoms with Crippen molar-refractivity contribution in [1.82, 2.24) is 10.2 Å². The van der Waals surface area contributed by atoms with Crippen molar-refractivity contribution in [3.63, 3.8) is 0 Å². The molecule has 1 aromatic heterocycles. The smallest absolute Gasteiger partial charge is 0.222 e. The zero-order valence-corrected chi connectivity index (χ0v) is 14.9. The van der Waals surface area contributed by atoms with E-state index in [1.54, 1.807) is 11.3 Å². The van der Waals surface area contributed by atoms with Crippen LogP contribution < -0.4 is 5.32 Å². The molecule has 0 spiro atoms. The van der Waals surface area contributed by atoms with E-state index < -0.39 is 0 Å². The van der Waals surface area contributed by atoms with E-state index in [-0.39, 0.29) is 5.91 Å². The molecule has 23 heavy (non-hydrogen) atoms. The fourth-order valence-electron chi connectivity index (χ4n) is 3.51. The maximum atomic E-state index is 12.6. The molecular weight excluding hydrogens is 304 g/mol. The predicted molar refractivity (Wildman–Crippen MR) is 97.7 cm³/mol. The van der Waals surface area contributed by atoms with Crippen LogP contribution in [0.2, 0.25) is 0 Å². The van der Waals surface area contributed by atoms with Crippen molar-refractivity contribution >= 4 is 27.3 Å². The third-order valence-corrected chi connectivity index (χ3v) is 6.09. The van der Waals surface area contributed by atoms with Crippen LogP contribution in [0.4, 0.5) is 0 Å². The minimum atomic E-state index is 0.270. The first-order valence-electron chi connectivity index (χ1n) is 8.55. The largest absolute Gasteiger partial charge is 0.341 e. The molecule has 2 heterocycles. The van der Waals surface area contributed by atoms with Crippen LogP contribution >= 0.6 is 11.3 Å². The van der Waals surface area contributed by atoms with Crippen molar-refractivity contribution in [3.05, 3.63) is 35.2 Å². The third kappa shape index (κ3) is 3.93.